The molecule has 1 fully saturated rings. The Kier molecular flexibility index (Phi) is 5.72. The summed E-state index contributed by atoms with van der Waals surface area (Å²) in [7, 11) is 1.51. The first-order valence-electron chi connectivity index (χ1n) is 8.28. The van der Waals surface area contributed by atoms with E-state index >= 15 is 0 Å². The smallest absolute Gasteiger partial charge is 0.308 e. The Labute approximate surface area is 155 Å². The van der Waals surface area contributed by atoms with Crippen LogP contribution in [0.4, 0.5) is 0 Å². The predicted octanol–water partition coefficient (Wildman–Crippen LogP) is 2.67. The number of hydrogen-bond acceptors (Lipinski definition) is 6. The van der Waals surface area contributed by atoms with Gasteiger partial charge in [0.1, 0.15) is 6.61 Å². The molecule has 1 aromatic heterocycles. The van der Waals surface area contributed by atoms with Crippen LogP contribution in [0.5, 0.6) is 11.5 Å². The molecule has 1 atom stereocenters. The van der Waals surface area contributed by atoms with Crippen molar-refractivity contribution >= 4 is 23.2 Å². The van der Waals surface area contributed by atoms with Gasteiger partial charge in [0.25, 0.3) is 5.91 Å². The molecule has 0 unspecified atom stereocenters. The highest BCUT2D eigenvalue weighted by atomic mass is 32.1. The van der Waals surface area contributed by atoms with E-state index in [9.17, 15) is 14.7 Å². The summed E-state index contributed by atoms with van der Waals surface area (Å²) < 4.78 is 11.1. The third-order valence-electron chi connectivity index (χ3n) is 4.33. The molecule has 2 heterocycles. The minimum absolute atomic E-state index is 0.194. The van der Waals surface area contributed by atoms with Gasteiger partial charge in [0, 0.05) is 24.0 Å². The Morgan fingerprint density at radius 2 is 2.23 bits per heavy atom. The van der Waals surface area contributed by atoms with Crippen LogP contribution in [-0.4, -0.2) is 47.1 Å². The molecule has 1 saturated heterocycles. The summed E-state index contributed by atoms with van der Waals surface area (Å²) in [5, 5.41) is 11.1. The van der Waals surface area contributed by atoms with Gasteiger partial charge in [-0.25, -0.2) is 4.98 Å². The summed E-state index contributed by atoms with van der Waals surface area (Å²) in [6.07, 6.45) is 1.29. The quantitative estimate of drug-likeness (QED) is 0.834. The number of amides is 1. The zero-order chi connectivity index (χ0) is 18.5. The van der Waals surface area contributed by atoms with Gasteiger partial charge in [-0.05, 0) is 31.0 Å². The molecule has 0 aliphatic carbocycles. The molecule has 1 aromatic carbocycles. The molecule has 1 aliphatic heterocycles. The topological polar surface area (TPSA) is 89.0 Å². The number of hydrogen-bond donors (Lipinski definition) is 1. The van der Waals surface area contributed by atoms with Crippen LogP contribution in [0.25, 0.3) is 0 Å². The summed E-state index contributed by atoms with van der Waals surface area (Å²) in [6.45, 7) is 1.12. The number of aliphatic carboxylic acids is 1. The molecular weight excluding hydrogens is 356 g/mol. The monoisotopic (exact) mass is 376 g/mol. The number of ether oxygens (including phenoxy) is 2. The van der Waals surface area contributed by atoms with Gasteiger partial charge in [0.15, 0.2) is 11.5 Å². The van der Waals surface area contributed by atoms with Crippen LogP contribution in [0.1, 0.15) is 28.9 Å². The minimum atomic E-state index is -0.856. The van der Waals surface area contributed by atoms with Gasteiger partial charge >= 0.3 is 5.97 Å². The minimum Gasteiger partial charge on any atom is -0.493 e. The highest BCUT2D eigenvalue weighted by molar-refractivity contribution is 7.07. The van der Waals surface area contributed by atoms with E-state index in [4.69, 9.17) is 9.47 Å². The molecule has 7 nitrogen and oxygen atoms in total. The van der Waals surface area contributed by atoms with Crippen LogP contribution >= 0.6 is 11.3 Å². The van der Waals surface area contributed by atoms with Gasteiger partial charge in [-0.15, -0.1) is 11.3 Å². The molecule has 1 aliphatic rings. The molecule has 0 radical (unpaired) electrons. The van der Waals surface area contributed by atoms with E-state index in [0.717, 1.165) is 5.69 Å². The molecule has 8 heteroatoms. The number of benzene rings is 1. The SMILES string of the molecule is COc1cc(C(=O)N2CCC[C@@H](C(=O)O)C2)ccc1OCc1cscn1. The number of likely N-dealkylation sites (tertiary alicyclic amines) is 1. The number of carbonyl (C=O) groups excluding carboxylic acids is 1. The number of nitrogens with zero attached hydrogens (tertiary/aromatic N) is 2. The van der Waals surface area contributed by atoms with Crippen LogP contribution in [0.15, 0.2) is 29.1 Å². The molecule has 138 valence electrons. The average Bonchev–Trinajstić information content (AvgIpc) is 3.19. The second-order valence-corrected chi connectivity index (χ2v) is 6.78. The molecular formula is C18H20N2O5S. The second-order valence-electron chi connectivity index (χ2n) is 6.06. The first kappa shape index (κ1) is 18.2. The number of carboxylic acids is 1. The van der Waals surface area contributed by atoms with Gasteiger partial charge < -0.3 is 19.5 Å². The van der Waals surface area contributed by atoms with E-state index in [-0.39, 0.29) is 12.5 Å². The molecule has 26 heavy (non-hydrogen) atoms. The van der Waals surface area contributed by atoms with E-state index < -0.39 is 11.9 Å². The second kappa shape index (κ2) is 8.18. The number of carboxylic acid groups (broad SMARTS) is 1. The molecule has 3 rings (SSSR count). The van der Waals surface area contributed by atoms with Gasteiger partial charge in [-0.3, -0.25) is 9.59 Å². The van der Waals surface area contributed by atoms with Crippen molar-refractivity contribution < 1.29 is 24.2 Å². The maximum atomic E-state index is 12.7. The predicted molar refractivity (Wildman–Crippen MR) is 95.7 cm³/mol. The Bertz CT molecular complexity index is 778. The Morgan fingerprint density at radius 1 is 1.38 bits per heavy atom. The summed E-state index contributed by atoms with van der Waals surface area (Å²) in [4.78, 5) is 29.7. The third kappa shape index (κ3) is 4.13. The largest absolute Gasteiger partial charge is 0.493 e. The van der Waals surface area contributed by atoms with E-state index in [1.807, 2.05) is 5.38 Å². The molecule has 0 bridgehead atoms. The van der Waals surface area contributed by atoms with Gasteiger partial charge in [-0.2, -0.15) is 0 Å². The molecule has 0 spiro atoms. The maximum Gasteiger partial charge on any atom is 0.308 e. The average molecular weight is 376 g/mol. The lowest BCUT2D eigenvalue weighted by atomic mass is 9.97. The fourth-order valence-electron chi connectivity index (χ4n) is 2.93. The van der Waals surface area contributed by atoms with Crippen molar-refractivity contribution in [3.8, 4) is 11.5 Å². The van der Waals surface area contributed by atoms with Gasteiger partial charge in [0.05, 0.1) is 24.2 Å². The van der Waals surface area contributed by atoms with Crippen molar-refractivity contribution in [3.63, 3.8) is 0 Å². The zero-order valence-corrected chi connectivity index (χ0v) is 15.2. The summed E-state index contributed by atoms with van der Waals surface area (Å²) in [5.41, 5.74) is 3.01. The van der Waals surface area contributed by atoms with Crippen LogP contribution < -0.4 is 9.47 Å². The summed E-state index contributed by atoms with van der Waals surface area (Å²) in [5.74, 6) is -0.571. The van der Waals surface area contributed by atoms with Crippen molar-refractivity contribution in [3.05, 3.63) is 40.3 Å². The van der Waals surface area contributed by atoms with E-state index in [1.165, 1.54) is 18.4 Å². The number of methoxy groups -OCH3 is 1. The Balaban J connectivity index is 1.71. The van der Waals surface area contributed by atoms with Crippen molar-refractivity contribution in [2.24, 2.45) is 5.92 Å². The lowest BCUT2D eigenvalue weighted by Crippen LogP contribution is -2.42. The highest BCUT2D eigenvalue weighted by Gasteiger charge is 2.29. The molecule has 2 aromatic rings. The van der Waals surface area contributed by atoms with Gasteiger partial charge in [0.2, 0.25) is 0 Å². The number of piperidine rings is 1. The highest BCUT2D eigenvalue weighted by Crippen LogP contribution is 2.30. The van der Waals surface area contributed by atoms with E-state index in [1.54, 1.807) is 28.6 Å². The lowest BCUT2D eigenvalue weighted by molar-refractivity contribution is -0.143. The van der Waals surface area contributed by atoms with Crippen molar-refractivity contribution in [2.75, 3.05) is 20.2 Å². The van der Waals surface area contributed by atoms with Crippen molar-refractivity contribution in [1.82, 2.24) is 9.88 Å². The number of rotatable bonds is 6. The Morgan fingerprint density at radius 3 is 2.92 bits per heavy atom. The van der Waals surface area contributed by atoms with Gasteiger partial charge in [-0.1, -0.05) is 0 Å². The first-order chi connectivity index (χ1) is 12.6. The summed E-state index contributed by atoms with van der Waals surface area (Å²) >= 11 is 1.49. The Hall–Kier alpha value is -2.61. The van der Waals surface area contributed by atoms with Crippen LogP contribution in [0, 0.1) is 5.92 Å². The molecule has 1 amide bonds. The number of thiazole rings is 1. The van der Waals surface area contributed by atoms with Crippen LogP contribution in [-0.2, 0) is 11.4 Å². The standard InChI is InChI=1S/C18H20N2O5S/c1-24-16-7-12(4-5-15(16)25-9-14-10-26-11-19-14)17(21)20-6-2-3-13(8-20)18(22)23/h4-5,7,10-11,13H,2-3,6,8-9H2,1H3,(H,22,23)/t13-/m1/s1. The molecule has 1 N–H and O–H groups in total. The van der Waals surface area contributed by atoms with E-state index in [2.05, 4.69) is 4.98 Å². The fourth-order valence-corrected chi connectivity index (χ4v) is 3.47. The number of aromatic nitrogens is 1. The normalized spacial score (nSPS) is 17.0. The van der Waals surface area contributed by atoms with Crippen LogP contribution in [0.3, 0.4) is 0 Å². The maximum absolute atomic E-state index is 12.7. The van der Waals surface area contributed by atoms with Crippen LogP contribution in [0.2, 0.25) is 0 Å². The fraction of sp³-hybridized carbons (Fsp3) is 0.389. The zero-order valence-electron chi connectivity index (χ0n) is 14.4. The summed E-state index contributed by atoms with van der Waals surface area (Å²) in [6, 6.07) is 4.99. The first-order valence-corrected chi connectivity index (χ1v) is 9.22. The number of carbonyl (C=O) groups is 2. The van der Waals surface area contributed by atoms with E-state index in [0.29, 0.717) is 43.1 Å². The third-order valence-corrected chi connectivity index (χ3v) is 4.96. The lowest BCUT2D eigenvalue weighted by Gasteiger charge is -2.30. The van der Waals surface area contributed by atoms with Crippen molar-refractivity contribution in [2.45, 2.75) is 19.4 Å². The molecule has 0 saturated carbocycles. The van der Waals surface area contributed by atoms with Crippen molar-refractivity contribution in [1.29, 1.82) is 0 Å².